The van der Waals surface area contributed by atoms with Gasteiger partial charge in [0.1, 0.15) is 0 Å². The molecule has 1 aromatic carbocycles. The van der Waals surface area contributed by atoms with Gasteiger partial charge in [-0.15, -0.1) is 0 Å². The zero-order chi connectivity index (χ0) is 12.2. The lowest BCUT2D eigenvalue weighted by Gasteiger charge is -2.06. The molecule has 0 bridgehead atoms. The van der Waals surface area contributed by atoms with E-state index in [0.29, 0.717) is 11.6 Å². The van der Waals surface area contributed by atoms with E-state index in [1.807, 2.05) is 24.3 Å². The van der Waals surface area contributed by atoms with Crippen molar-refractivity contribution >= 4 is 0 Å². The Morgan fingerprint density at radius 1 is 0.500 bits per heavy atom. The Morgan fingerprint density at radius 3 is 1.28 bits per heavy atom. The maximum atomic E-state index is 4.27. The minimum atomic E-state index is 0.681. The Hall–Kier alpha value is -2.62. The molecule has 0 fully saturated rings. The molecule has 0 radical (unpaired) electrons. The average molecular weight is 234 g/mol. The molecule has 0 N–H and O–H groups in total. The fourth-order valence-electron chi connectivity index (χ4n) is 1.75. The lowest BCUT2D eigenvalue weighted by Crippen LogP contribution is -1.93. The molecule has 18 heavy (non-hydrogen) atoms. The Kier molecular flexibility index (Phi) is 2.75. The molecule has 86 valence electrons. The van der Waals surface area contributed by atoms with Crippen LogP contribution in [0.4, 0.5) is 0 Å². The highest BCUT2D eigenvalue weighted by Gasteiger charge is 2.09. The van der Waals surface area contributed by atoms with Gasteiger partial charge >= 0.3 is 0 Å². The highest BCUT2D eigenvalue weighted by atomic mass is 14.9. The fourth-order valence-corrected chi connectivity index (χ4v) is 1.75. The van der Waals surface area contributed by atoms with Crippen LogP contribution in [-0.4, -0.2) is 19.9 Å². The minimum Gasteiger partial charge on any atom is -0.237 e. The summed E-state index contributed by atoms with van der Waals surface area (Å²) in [5.41, 5.74) is 1.87. The molecular formula is C14H10N4. The molecule has 3 aromatic rings. The molecule has 4 heteroatoms. The lowest BCUT2D eigenvalue weighted by atomic mass is 10.1. The molecule has 3 rings (SSSR count). The predicted molar refractivity (Wildman–Crippen MR) is 68.5 cm³/mol. The van der Waals surface area contributed by atoms with Crippen LogP contribution in [0.3, 0.4) is 0 Å². The first kappa shape index (κ1) is 10.5. The molecule has 0 atom stereocenters. The molecule has 0 saturated carbocycles. The third kappa shape index (κ3) is 1.96. The second-order valence-electron chi connectivity index (χ2n) is 3.69. The van der Waals surface area contributed by atoms with E-state index in [0.717, 1.165) is 11.1 Å². The van der Waals surface area contributed by atoms with Crippen molar-refractivity contribution in [2.75, 3.05) is 0 Å². The summed E-state index contributed by atoms with van der Waals surface area (Å²) >= 11 is 0. The second kappa shape index (κ2) is 4.71. The molecular weight excluding hydrogens is 224 g/mol. The van der Waals surface area contributed by atoms with Gasteiger partial charge in [0.25, 0.3) is 0 Å². The van der Waals surface area contributed by atoms with Crippen LogP contribution in [0, 0.1) is 0 Å². The minimum absolute atomic E-state index is 0.681. The number of aromatic nitrogens is 4. The van der Waals surface area contributed by atoms with Crippen LogP contribution in [0.5, 0.6) is 0 Å². The summed E-state index contributed by atoms with van der Waals surface area (Å²) in [5.74, 6) is 1.36. The summed E-state index contributed by atoms with van der Waals surface area (Å²) in [5, 5.41) is 0. The molecule has 0 unspecified atom stereocenters. The van der Waals surface area contributed by atoms with Crippen LogP contribution in [0.2, 0.25) is 0 Å². The summed E-state index contributed by atoms with van der Waals surface area (Å²) in [6.07, 6.45) is 6.91. The van der Waals surface area contributed by atoms with Crippen LogP contribution >= 0.6 is 0 Å². The van der Waals surface area contributed by atoms with Gasteiger partial charge in [-0.05, 0) is 12.1 Å². The normalized spacial score (nSPS) is 10.2. The van der Waals surface area contributed by atoms with Crippen molar-refractivity contribution in [3.63, 3.8) is 0 Å². The number of hydrogen-bond donors (Lipinski definition) is 0. The Labute approximate surface area is 104 Å². The summed E-state index contributed by atoms with van der Waals surface area (Å²) in [6, 6.07) is 11.5. The molecule has 2 aromatic heterocycles. The van der Waals surface area contributed by atoms with Crippen LogP contribution in [-0.2, 0) is 0 Å². The molecule has 2 heterocycles. The largest absolute Gasteiger partial charge is 0.237 e. The first-order valence-electron chi connectivity index (χ1n) is 5.59. The Balaban J connectivity index is 2.18. The van der Waals surface area contributed by atoms with Gasteiger partial charge in [-0.1, -0.05) is 24.3 Å². The van der Waals surface area contributed by atoms with Crippen LogP contribution < -0.4 is 0 Å². The van der Waals surface area contributed by atoms with Gasteiger partial charge < -0.3 is 0 Å². The highest BCUT2D eigenvalue weighted by Crippen LogP contribution is 2.26. The quantitative estimate of drug-likeness (QED) is 0.684. The van der Waals surface area contributed by atoms with Gasteiger partial charge in [0.15, 0.2) is 11.6 Å². The van der Waals surface area contributed by atoms with Gasteiger partial charge in [0.05, 0.1) is 0 Å². The summed E-state index contributed by atoms with van der Waals surface area (Å²) in [6.45, 7) is 0. The molecule has 0 aliphatic carbocycles. The monoisotopic (exact) mass is 234 g/mol. The van der Waals surface area contributed by atoms with E-state index in [1.165, 1.54) is 0 Å². The van der Waals surface area contributed by atoms with Crippen LogP contribution in [0.1, 0.15) is 0 Å². The van der Waals surface area contributed by atoms with Crippen molar-refractivity contribution in [3.8, 4) is 22.8 Å². The van der Waals surface area contributed by atoms with Crippen molar-refractivity contribution in [1.82, 2.24) is 19.9 Å². The first-order valence-corrected chi connectivity index (χ1v) is 5.59. The van der Waals surface area contributed by atoms with Crippen molar-refractivity contribution in [2.24, 2.45) is 0 Å². The van der Waals surface area contributed by atoms with E-state index in [2.05, 4.69) is 19.9 Å². The van der Waals surface area contributed by atoms with E-state index in [4.69, 9.17) is 0 Å². The van der Waals surface area contributed by atoms with Gasteiger partial charge in [0, 0.05) is 35.9 Å². The van der Waals surface area contributed by atoms with Crippen LogP contribution in [0.25, 0.3) is 22.8 Å². The van der Waals surface area contributed by atoms with E-state index in [9.17, 15) is 0 Å². The molecule has 0 aliphatic rings. The third-order valence-electron chi connectivity index (χ3n) is 2.54. The Morgan fingerprint density at radius 2 is 0.889 bits per heavy atom. The first-order chi connectivity index (χ1) is 8.95. The smallest absolute Gasteiger partial charge is 0.159 e. The average Bonchev–Trinajstić information content (AvgIpc) is 2.49. The Bertz CT molecular complexity index is 580. The zero-order valence-electron chi connectivity index (χ0n) is 9.56. The number of nitrogens with zero attached hydrogens (tertiary/aromatic N) is 4. The lowest BCUT2D eigenvalue weighted by molar-refractivity contribution is 1.15. The fraction of sp³-hybridized carbons (Fsp3) is 0. The summed E-state index contributed by atoms with van der Waals surface area (Å²) in [7, 11) is 0. The summed E-state index contributed by atoms with van der Waals surface area (Å²) in [4.78, 5) is 17.1. The topological polar surface area (TPSA) is 51.6 Å². The standard InChI is InChI=1S/C14H10N4/c1-2-6-12(14-17-9-4-10-18-14)11(5-1)13-15-7-3-8-16-13/h1-10H. The van der Waals surface area contributed by atoms with E-state index < -0.39 is 0 Å². The van der Waals surface area contributed by atoms with Gasteiger partial charge in [0.2, 0.25) is 0 Å². The number of hydrogen-bond acceptors (Lipinski definition) is 4. The maximum absolute atomic E-state index is 4.27. The zero-order valence-corrected chi connectivity index (χ0v) is 9.56. The molecule has 0 spiro atoms. The molecule has 0 saturated heterocycles. The molecule has 0 amide bonds. The summed E-state index contributed by atoms with van der Waals surface area (Å²) < 4.78 is 0. The number of rotatable bonds is 2. The van der Waals surface area contributed by atoms with Gasteiger partial charge in [-0.2, -0.15) is 0 Å². The van der Waals surface area contributed by atoms with Gasteiger partial charge in [-0.25, -0.2) is 19.9 Å². The van der Waals surface area contributed by atoms with E-state index in [1.54, 1.807) is 36.9 Å². The van der Waals surface area contributed by atoms with E-state index in [-0.39, 0.29) is 0 Å². The maximum Gasteiger partial charge on any atom is 0.159 e. The van der Waals surface area contributed by atoms with Crippen molar-refractivity contribution in [3.05, 3.63) is 61.2 Å². The van der Waals surface area contributed by atoms with Crippen molar-refractivity contribution in [2.45, 2.75) is 0 Å². The van der Waals surface area contributed by atoms with Crippen molar-refractivity contribution in [1.29, 1.82) is 0 Å². The van der Waals surface area contributed by atoms with E-state index >= 15 is 0 Å². The predicted octanol–water partition coefficient (Wildman–Crippen LogP) is 2.60. The van der Waals surface area contributed by atoms with Crippen LogP contribution in [0.15, 0.2) is 61.2 Å². The van der Waals surface area contributed by atoms with Gasteiger partial charge in [-0.3, -0.25) is 0 Å². The third-order valence-corrected chi connectivity index (χ3v) is 2.54. The SMILES string of the molecule is c1cnc(-c2ccccc2-c2ncccn2)nc1. The van der Waals surface area contributed by atoms with Crippen molar-refractivity contribution < 1.29 is 0 Å². The second-order valence-corrected chi connectivity index (χ2v) is 3.69. The highest BCUT2D eigenvalue weighted by molar-refractivity contribution is 5.76. The number of benzene rings is 1. The molecule has 4 nitrogen and oxygen atoms in total. The molecule has 0 aliphatic heterocycles.